The molecule has 5 rings (SSSR count). The van der Waals surface area contributed by atoms with Gasteiger partial charge in [0, 0.05) is 31.4 Å². The molecule has 0 spiro atoms. The van der Waals surface area contributed by atoms with Crippen molar-refractivity contribution < 1.29 is 13.2 Å². The molecule has 0 saturated carbocycles. The van der Waals surface area contributed by atoms with Crippen LogP contribution in [0.15, 0.2) is 67.5 Å². The molecule has 0 amide bonds. The topological polar surface area (TPSA) is 77.3 Å². The number of imidazole rings is 2. The quantitative estimate of drug-likeness (QED) is 0.348. The number of aromatic nitrogens is 6. The maximum absolute atomic E-state index is 13.1. The SMILES string of the molecule is C=C(C)c1ccccc1-c1ncc2c(n1)n(Cc1ccc(-c3nc(C(F)(F)F)cn3C)cc1)c(=N)n2C. The van der Waals surface area contributed by atoms with Crippen LogP contribution >= 0.6 is 0 Å². The molecule has 2 aromatic carbocycles. The van der Waals surface area contributed by atoms with Gasteiger partial charge in [0.05, 0.1) is 12.7 Å². The summed E-state index contributed by atoms with van der Waals surface area (Å²) in [4.78, 5) is 13.1. The monoisotopic (exact) mass is 503 g/mol. The average Bonchev–Trinajstić information content (AvgIpc) is 3.38. The Hall–Kier alpha value is -4.47. The minimum absolute atomic E-state index is 0.228. The average molecular weight is 504 g/mol. The molecule has 0 saturated heterocycles. The summed E-state index contributed by atoms with van der Waals surface area (Å²) < 4.78 is 44.0. The van der Waals surface area contributed by atoms with Gasteiger partial charge in [0.2, 0.25) is 5.62 Å². The summed E-state index contributed by atoms with van der Waals surface area (Å²) in [5, 5.41) is 8.65. The lowest BCUT2D eigenvalue weighted by molar-refractivity contribution is -0.140. The Kier molecular flexibility index (Phi) is 5.82. The minimum atomic E-state index is -4.50. The highest BCUT2D eigenvalue weighted by Crippen LogP contribution is 2.31. The molecule has 0 bridgehead atoms. The molecule has 0 radical (unpaired) electrons. The molecular formula is C27H24F3N7. The van der Waals surface area contributed by atoms with Crippen LogP contribution in [0, 0.1) is 5.41 Å². The van der Waals surface area contributed by atoms with Crippen LogP contribution in [0.2, 0.25) is 0 Å². The van der Waals surface area contributed by atoms with Crippen LogP contribution in [0.5, 0.6) is 0 Å². The molecule has 10 heteroatoms. The second kappa shape index (κ2) is 8.88. The van der Waals surface area contributed by atoms with Crippen LogP contribution < -0.4 is 5.62 Å². The Balaban J connectivity index is 1.52. The summed E-state index contributed by atoms with van der Waals surface area (Å²) in [5.74, 6) is 0.766. The van der Waals surface area contributed by atoms with Crippen molar-refractivity contribution in [2.24, 2.45) is 14.1 Å². The number of nitrogens with zero attached hydrogens (tertiary/aromatic N) is 6. The summed E-state index contributed by atoms with van der Waals surface area (Å²) in [5.41, 5.74) is 4.78. The first kappa shape index (κ1) is 24.2. The number of hydrogen-bond acceptors (Lipinski definition) is 4. The molecule has 0 fully saturated rings. The van der Waals surface area contributed by atoms with E-state index < -0.39 is 11.9 Å². The smallest absolute Gasteiger partial charge is 0.333 e. The molecule has 0 aliphatic heterocycles. The van der Waals surface area contributed by atoms with E-state index >= 15 is 0 Å². The third-order valence-electron chi connectivity index (χ3n) is 6.29. The number of allylic oxidation sites excluding steroid dienone is 1. The van der Waals surface area contributed by atoms with Gasteiger partial charge < -0.3 is 9.13 Å². The van der Waals surface area contributed by atoms with Gasteiger partial charge >= 0.3 is 6.18 Å². The van der Waals surface area contributed by atoms with E-state index in [1.807, 2.05) is 43.3 Å². The van der Waals surface area contributed by atoms with Crippen molar-refractivity contribution in [1.29, 1.82) is 5.41 Å². The van der Waals surface area contributed by atoms with Gasteiger partial charge in [0.25, 0.3) is 0 Å². The van der Waals surface area contributed by atoms with Crippen LogP contribution in [0.25, 0.3) is 39.5 Å². The van der Waals surface area contributed by atoms with Crippen LogP contribution in [0.3, 0.4) is 0 Å². The van der Waals surface area contributed by atoms with Gasteiger partial charge in [-0.1, -0.05) is 60.7 Å². The van der Waals surface area contributed by atoms with E-state index in [2.05, 4.69) is 16.5 Å². The summed E-state index contributed by atoms with van der Waals surface area (Å²) in [6, 6.07) is 14.9. The highest BCUT2D eigenvalue weighted by Gasteiger charge is 2.34. The van der Waals surface area contributed by atoms with Crippen LogP contribution in [-0.4, -0.2) is 28.7 Å². The molecule has 0 atom stereocenters. The molecule has 37 heavy (non-hydrogen) atoms. The van der Waals surface area contributed by atoms with Crippen molar-refractivity contribution in [3.05, 3.63) is 89.9 Å². The largest absolute Gasteiger partial charge is 0.434 e. The van der Waals surface area contributed by atoms with E-state index in [-0.39, 0.29) is 11.4 Å². The summed E-state index contributed by atoms with van der Waals surface area (Å²) in [6.45, 7) is 6.34. The molecule has 0 aliphatic rings. The summed E-state index contributed by atoms with van der Waals surface area (Å²) >= 11 is 0. The molecule has 7 nitrogen and oxygen atoms in total. The Morgan fingerprint density at radius 2 is 1.73 bits per heavy atom. The zero-order valence-electron chi connectivity index (χ0n) is 20.5. The lowest BCUT2D eigenvalue weighted by Gasteiger charge is -2.09. The first-order valence-electron chi connectivity index (χ1n) is 11.5. The molecule has 3 heterocycles. The van der Waals surface area contributed by atoms with Gasteiger partial charge in [-0.05, 0) is 18.1 Å². The van der Waals surface area contributed by atoms with Crippen LogP contribution in [0.4, 0.5) is 13.2 Å². The predicted octanol–water partition coefficient (Wildman–Crippen LogP) is 5.42. The van der Waals surface area contributed by atoms with E-state index in [9.17, 15) is 13.2 Å². The number of alkyl halides is 3. The van der Waals surface area contributed by atoms with E-state index in [4.69, 9.17) is 10.4 Å². The summed E-state index contributed by atoms with van der Waals surface area (Å²) in [6.07, 6.45) is -1.81. The molecule has 5 aromatic rings. The lowest BCUT2D eigenvalue weighted by atomic mass is 10.0. The number of rotatable bonds is 5. The number of fused-ring (bicyclic) bond motifs is 1. The first-order valence-corrected chi connectivity index (χ1v) is 11.5. The number of halogens is 3. The van der Waals surface area contributed by atoms with E-state index in [0.717, 1.165) is 28.5 Å². The molecule has 1 N–H and O–H groups in total. The minimum Gasteiger partial charge on any atom is -0.333 e. The van der Waals surface area contributed by atoms with Gasteiger partial charge in [0.1, 0.15) is 11.3 Å². The fourth-order valence-corrected chi connectivity index (χ4v) is 4.34. The highest BCUT2D eigenvalue weighted by atomic mass is 19.4. The Bertz CT molecular complexity index is 1700. The number of aryl methyl sites for hydroxylation is 2. The number of nitrogens with one attached hydrogen (secondary N) is 1. The predicted molar refractivity (Wildman–Crippen MR) is 135 cm³/mol. The van der Waals surface area contributed by atoms with Crippen molar-refractivity contribution in [2.45, 2.75) is 19.6 Å². The Morgan fingerprint density at radius 3 is 2.38 bits per heavy atom. The first-order chi connectivity index (χ1) is 17.5. The third kappa shape index (κ3) is 4.35. The second-order valence-corrected chi connectivity index (χ2v) is 8.95. The van der Waals surface area contributed by atoms with Crippen molar-refractivity contribution in [2.75, 3.05) is 0 Å². The number of benzene rings is 2. The van der Waals surface area contributed by atoms with Crippen molar-refractivity contribution in [3.63, 3.8) is 0 Å². The van der Waals surface area contributed by atoms with Crippen molar-refractivity contribution in [3.8, 4) is 22.8 Å². The molecule has 0 unspecified atom stereocenters. The zero-order chi connectivity index (χ0) is 26.5. The van der Waals surface area contributed by atoms with Crippen molar-refractivity contribution >= 4 is 16.7 Å². The van der Waals surface area contributed by atoms with E-state index in [1.165, 1.54) is 11.6 Å². The van der Waals surface area contributed by atoms with Crippen LogP contribution in [0.1, 0.15) is 23.7 Å². The van der Waals surface area contributed by atoms with Gasteiger partial charge in [-0.25, -0.2) is 15.0 Å². The zero-order valence-corrected chi connectivity index (χ0v) is 20.5. The van der Waals surface area contributed by atoms with Crippen LogP contribution in [-0.2, 0) is 26.8 Å². The third-order valence-corrected chi connectivity index (χ3v) is 6.29. The standard InChI is InChI=1S/C27H24F3N7/c1-16(2)19-7-5-6-8-20(19)23-32-13-21-25(34-23)37(26(31)36(21)4)14-17-9-11-18(12-10-17)24-33-22(15-35(24)3)27(28,29)30/h5-13,15,31H,1,14H2,2-4H3. The van der Waals surface area contributed by atoms with Gasteiger partial charge in [0.15, 0.2) is 17.2 Å². The summed E-state index contributed by atoms with van der Waals surface area (Å²) in [7, 11) is 3.32. The lowest BCUT2D eigenvalue weighted by Crippen LogP contribution is -2.23. The molecule has 0 aliphatic carbocycles. The highest BCUT2D eigenvalue weighted by molar-refractivity contribution is 5.79. The molecule has 188 valence electrons. The fraction of sp³-hybridized carbons (Fsp3) is 0.185. The maximum atomic E-state index is 13.1. The second-order valence-electron chi connectivity index (χ2n) is 8.95. The Labute approximate surface area is 210 Å². The molecule has 3 aromatic heterocycles. The van der Waals surface area contributed by atoms with Crippen molar-refractivity contribution in [1.82, 2.24) is 28.7 Å². The molecular weight excluding hydrogens is 479 g/mol. The normalized spacial score (nSPS) is 11.8. The van der Waals surface area contributed by atoms with E-state index in [0.29, 0.717) is 29.1 Å². The maximum Gasteiger partial charge on any atom is 0.434 e. The number of hydrogen-bond donors (Lipinski definition) is 1. The van der Waals surface area contributed by atoms with Gasteiger partial charge in [-0.15, -0.1) is 0 Å². The van der Waals surface area contributed by atoms with Gasteiger partial charge in [-0.2, -0.15) is 13.2 Å². The Morgan fingerprint density at radius 1 is 1.03 bits per heavy atom. The fourth-order valence-electron chi connectivity index (χ4n) is 4.34. The van der Waals surface area contributed by atoms with E-state index in [1.54, 1.807) is 34.5 Å². The van der Waals surface area contributed by atoms with Gasteiger partial charge in [-0.3, -0.25) is 9.98 Å².